The summed E-state index contributed by atoms with van der Waals surface area (Å²) in [5.74, 6) is -1.29. The van der Waals surface area contributed by atoms with Crippen LogP contribution in [0.3, 0.4) is 0 Å². The van der Waals surface area contributed by atoms with Gasteiger partial charge in [0.05, 0.1) is 15.7 Å². The van der Waals surface area contributed by atoms with E-state index in [9.17, 15) is 9.59 Å². The lowest BCUT2D eigenvalue weighted by Crippen LogP contribution is -2.42. The molecule has 0 saturated heterocycles. The summed E-state index contributed by atoms with van der Waals surface area (Å²) in [5, 5.41) is 3.07. The molecule has 0 bridgehead atoms. The molecule has 2 amide bonds. The molecule has 1 heterocycles. The summed E-state index contributed by atoms with van der Waals surface area (Å²) in [4.78, 5) is 26.1. The predicted octanol–water partition coefficient (Wildman–Crippen LogP) is 3.52. The molecule has 1 aliphatic rings. The van der Waals surface area contributed by atoms with Gasteiger partial charge in [0.2, 0.25) is 0 Å². The molecule has 0 spiro atoms. The van der Waals surface area contributed by atoms with Crippen LogP contribution in [0.25, 0.3) is 0 Å². The van der Waals surface area contributed by atoms with Gasteiger partial charge in [0.25, 0.3) is 0 Å². The molecular formula is C17H14Cl2N2O2. The number of anilines is 1. The summed E-state index contributed by atoms with van der Waals surface area (Å²) in [5.41, 5.74) is 2.62. The number of nitrogens with zero attached hydrogens (tertiary/aromatic N) is 1. The first-order chi connectivity index (χ1) is 11.1. The van der Waals surface area contributed by atoms with Gasteiger partial charge in [-0.15, -0.1) is 0 Å². The molecule has 2 aromatic rings. The molecule has 4 nitrogen and oxygen atoms in total. The van der Waals surface area contributed by atoms with Crippen LogP contribution in [-0.4, -0.2) is 23.3 Å². The Bertz CT molecular complexity index is 777. The molecule has 0 fully saturated rings. The lowest BCUT2D eigenvalue weighted by molar-refractivity contribution is -0.143. The summed E-state index contributed by atoms with van der Waals surface area (Å²) in [6.07, 6.45) is 0.743. The maximum Gasteiger partial charge on any atom is 0.313 e. The van der Waals surface area contributed by atoms with Crippen LogP contribution in [0.4, 0.5) is 5.69 Å². The van der Waals surface area contributed by atoms with Gasteiger partial charge in [-0.2, -0.15) is 0 Å². The van der Waals surface area contributed by atoms with Crippen molar-refractivity contribution in [3.05, 3.63) is 63.6 Å². The zero-order chi connectivity index (χ0) is 16.4. The number of halogens is 2. The van der Waals surface area contributed by atoms with Gasteiger partial charge in [-0.05, 0) is 29.7 Å². The number of carbonyl (C=O) groups excluding carboxylic acids is 2. The summed E-state index contributed by atoms with van der Waals surface area (Å²) in [6.45, 7) is 0.957. The Morgan fingerprint density at radius 3 is 2.52 bits per heavy atom. The van der Waals surface area contributed by atoms with Gasteiger partial charge in [0, 0.05) is 13.1 Å². The Hall–Kier alpha value is -2.04. The number of fused-ring (bicyclic) bond motifs is 1. The van der Waals surface area contributed by atoms with E-state index in [4.69, 9.17) is 23.2 Å². The Morgan fingerprint density at radius 2 is 1.74 bits per heavy atom. The second-order valence-corrected chi connectivity index (χ2v) is 6.09. The average molecular weight is 349 g/mol. The molecular weight excluding hydrogens is 335 g/mol. The molecule has 0 atom stereocenters. The first kappa shape index (κ1) is 15.8. The zero-order valence-corrected chi connectivity index (χ0v) is 13.7. The Labute approximate surface area is 144 Å². The highest BCUT2D eigenvalue weighted by molar-refractivity contribution is 6.45. The second-order valence-electron chi connectivity index (χ2n) is 5.30. The highest BCUT2D eigenvalue weighted by Gasteiger charge is 2.26. The van der Waals surface area contributed by atoms with Gasteiger partial charge >= 0.3 is 11.8 Å². The predicted molar refractivity (Wildman–Crippen MR) is 90.7 cm³/mol. The fraction of sp³-hybridized carbons (Fsp3) is 0.176. The molecule has 0 aliphatic carbocycles. The van der Waals surface area contributed by atoms with Gasteiger partial charge in [-0.25, -0.2) is 0 Å². The van der Waals surface area contributed by atoms with Crippen molar-refractivity contribution in [1.82, 2.24) is 4.90 Å². The van der Waals surface area contributed by atoms with Crippen molar-refractivity contribution in [2.45, 2.75) is 13.0 Å². The molecule has 0 radical (unpaired) electrons. The molecule has 118 valence electrons. The number of hydrogen-bond acceptors (Lipinski definition) is 2. The molecule has 0 aromatic heterocycles. The highest BCUT2D eigenvalue weighted by atomic mass is 35.5. The maximum absolute atomic E-state index is 12.3. The van der Waals surface area contributed by atoms with E-state index in [-0.39, 0.29) is 5.02 Å². The van der Waals surface area contributed by atoms with Crippen LogP contribution in [0.2, 0.25) is 10.0 Å². The Balaban J connectivity index is 1.71. The largest absolute Gasteiger partial charge is 0.330 e. The number of benzene rings is 2. The summed E-state index contributed by atoms with van der Waals surface area (Å²) < 4.78 is 0. The van der Waals surface area contributed by atoms with E-state index >= 15 is 0 Å². The molecule has 6 heteroatoms. The van der Waals surface area contributed by atoms with Crippen molar-refractivity contribution in [1.29, 1.82) is 0 Å². The third-order valence-corrected chi connectivity index (χ3v) is 4.63. The lowest BCUT2D eigenvalue weighted by atomic mass is 10.00. The van der Waals surface area contributed by atoms with Gasteiger partial charge < -0.3 is 10.2 Å². The van der Waals surface area contributed by atoms with E-state index in [1.165, 1.54) is 10.5 Å². The molecule has 2 aromatic carbocycles. The maximum atomic E-state index is 12.3. The third-order valence-electron chi connectivity index (χ3n) is 3.81. The summed E-state index contributed by atoms with van der Waals surface area (Å²) in [6, 6.07) is 12.8. The van der Waals surface area contributed by atoms with E-state index in [0.29, 0.717) is 23.8 Å². The minimum atomic E-state index is -0.714. The van der Waals surface area contributed by atoms with Gasteiger partial charge in [-0.1, -0.05) is 53.5 Å². The average Bonchev–Trinajstić information content (AvgIpc) is 2.57. The molecule has 0 saturated carbocycles. The molecule has 1 N–H and O–H groups in total. The van der Waals surface area contributed by atoms with E-state index in [1.807, 2.05) is 24.3 Å². The number of hydrogen-bond donors (Lipinski definition) is 1. The van der Waals surface area contributed by atoms with Crippen molar-refractivity contribution in [2.75, 3.05) is 11.9 Å². The van der Waals surface area contributed by atoms with Crippen LogP contribution in [-0.2, 0) is 22.6 Å². The molecule has 3 rings (SSSR count). The van der Waals surface area contributed by atoms with E-state index in [0.717, 1.165) is 12.0 Å². The number of amides is 2. The van der Waals surface area contributed by atoms with Gasteiger partial charge in [0.15, 0.2) is 0 Å². The minimum Gasteiger partial charge on any atom is -0.330 e. The Morgan fingerprint density at radius 1 is 1.00 bits per heavy atom. The summed E-state index contributed by atoms with van der Waals surface area (Å²) in [7, 11) is 0. The van der Waals surface area contributed by atoms with Crippen LogP contribution in [0.1, 0.15) is 11.1 Å². The van der Waals surface area contributed by atoms with Crippen LogP contribution < -0.4 is 5.32 Å². The molecule has 23 heavy (non-hydrogen) atoms. The quantitative estimate of drug-likeness (QED) is 0.801. The number of nitrogens with one attached hydrogen (secondary N) is 1. The van der Waals surface area contributed by atoms with Crippen LogP contribution in [0.5, 0.6) is 0 Å². The van der Waals surface area contributed by atoms with Crippen LogP contribution >= 0.6 is 23.2 Å². The standard InChI is InChI=1S/C17H14Cl2N2O2/c18-13-6-3-7-14(15(13)19)20-16(22)17(23)21-9-8-11-4-1-2-5-12(11)10-21/h1-7H,8-10H2,(H,20,22). The van der Waals surface area contributed by atoms with Gasteiger partial charge in [0.1, 0.15) is 0 Å². The first-order valence-corrected chi connectivity index (χ1v) is 7.93. The topological polar surface area (TPSA) is 49.4 Å². The van der Waals surface area contributed by atoms with Crippen LogP contribution in [0, 0.1) is 0 Å². The number of carbonyl (C=O) groups is 2. The van der Waals surface area contributed by atoms with E-state index < -0.39 is 11.8 Å². The second kappa shape index (κ2) is 6.60. The van der Waals surface area contributed by atoms with Crippen molar-refractivity contribution in [3.8, 4) is 0 Å². The van der Waals surface area contributed by atoms with Crippen molar-refractivity contribution in [3.63, 3.8) is 0 Å². The third kappa shape index (κ3) is 3.33. The monoisotopic (exact) mass is 348 g/mol. The fourth-order valence-electron chi connectivity index (χ4n) is 2.59. The van der Waals surface area contributed by atoms with E-state index in [2.05, 4.69) is 5.32 Å². The van der Waals surface area contributed by atoms with Crippen molar-refractivity contribution in [2.24, 2.45) is 0 Å². The fourth-order valence-corrected chi connectivity index (χ4v) is 2.94. The highest BCUT2D eigenvalue weighted by Crippen LogP contribution is 2.29. The zero-order valence-electron chi connectivity index (χ0n) is 12.2. The SMILES string of the molecule is O=C(Nc1cccc(Cl)c1Cl)C(=O)N1CCc2ccccc2C1. The smallest absolute Gasteiger partial charge is 0.313 e. The Kier molecular flexibility index (Phi) is 4.55. The minimum absolute atomic E-state index is 0.222. The van der Waals surface area contributed by atoms with Crippen LogP contribution in [0.15, 0.2) is 42.5 Å². The number of rotatable bonds is 1. The first-order valence-electron chi connectivity index (χ1n) is 7.17. The van der Waals surface area contributed by atoms with Crippen molar-refractivity contribution >= 4 is 40.7 Å². The van der Waals surface area contributed by atoms with E-state index in [1.54, 1.807) is 18.2 Å². The van der Waals surface area contributed by atoms with Crippen molar-refractivity contribution < 1.29 is 9.59 Å². The summed E-state index contributed by atoms with van der Waals surface area (Å²) >= 11 is 11.9. The van der Waals surface area contributed by atoms with Gasteiger partial charge in [-0.3, -0.25) is 9.59 Å². The normalized spacial score (nSPS) is 13.4. The lowest BCUT2D eigenvalue weighted by Gasteiger charge is -2.28. The molecule has 1 aliphatic heterocycles. The molecule has 0 unspecified atom stereocenters.